The van der Waals surface area contributed by atoms with Crippen molar-refractivity contribution in [1.82, 2.24) is 24.8 Å². The van der Waals surface area contributed by atoms with Crippen LogP contribution in [-0.4, -0.2) is 97.9 Å². The molecule has 3 atom stereocenters. The van der Waals surface area contributed by atoms with Gasteiger partial charge in [-0.2, -0.15) is 16.8 Å². The first-order valence-electron chi connectivity index (χ1n) is 16.1. The summed E-state index contributed by atoms with van der Waals surface area (Å²) >= 11 is 6.08. The number of nitrogens with zero attached hydrogens (tertiary/aromatic N) is 4. The van der Waals surface area contributed by atoms with Crippen LogP contribution in [0.4, 0.5) is 10.6 Å². The highest BCUT2D eigenvalue weighted by molar-refractivity contribution is 7.86. The van der Waals surface area contributed by atoms with Crippen molar-refractivity contribution in [3.05, 3.63) is 83.4 Å². The van der Waals surface area contributed by atoms with E-state index in [4.69, 9.17) is 34.2 Å². The zero-order valence-corrected chi connectivity index (χ0v) is 31.8. The molecule has 2 aromatic carbocycles. The standard InChI is InChI=1S/C33H39ClN6O11S2/c1-32(2,3)51-31(42)35-15-24-26(47-16-21-11-13-23(34)14-12-21)33(17-48-52(4,43)44,18-49-53(5,45)46)50-30(24)40-20-38-25-27(36-19-37-28(25)40)39-29(41)22-9-7-6-8-10-22/h6-14,19-20,24,26,30H,15-18H2,1-5H3,(H,35,42)(H,36,37,39,41)/t24-,26+,30-/m1/s1. The molecule has 0 bridgehead atoms. The largest absolute Gasteiger partial charge is 0.444 e. The molecule has 1 saturated heterocycles. The maximum Gasteiger partial charge on any atom is 0.407 e. The van der Waals surface area contributed by atoms with Crippen LogP contribution < -0.4 is 10.6 Å². The van der Waals surface area contributed by atoms with Crippen LogP contribution in [0.5, 0.6) is 0 Å². The second-order valence-electron chi connectivity index (χ2n) is 13.3. The Morgan fingerprint density at radius 1 is 0.943 bits per heavy atom. The van der Waals surface area contributed by atoms with Gasteiger partial charge in [-0.15, -0.1) is 0 Å². The molecule has 17 nitrogen and oxygen atoms in total. The number of aromatic nitrogens is 4. The first-order valence-corrected chi connectivity index (χ1v) is 20.1. The number of halogens is 1. The zero-order valence-electron chi connectivity index (χ0n) is 29.4. The van der Waals surface area contributed by atoms with Gasteiger partial charge in [-0.25, -0.2) is 19.7 Å². The molecule has 286 valence electrons. The van der Waals surface area contributed by atoms with Gasteiger partial charge in [-0.05, 0) is 50.6 Å². The van der Waals surface area contributed by atoms with Crippen LogP contribution in [0.25, 0.3) is 11.2 Å². The van der Waals surface area contributed by atoms with Crippen LogP contribution in [0, 0.1) is 5.92 Å². The minimum absolute atomic E-state index is 0.0756. The molecule has 3 heterocycles. The van der Waals surface area contributed by atoms with E-state index in [9.17, 15) is 26.4 Å². The maximum absolute atomic E-state index is 13.0. The van der Waals surface area contributed by atoms with Crippen molar-refractivity contribution in [3.63, 3.8) is 0 Å². The van der Waals surface area contributed by atoms with Gasteiger partial charge in [-0.3, -0.25) is 17.7 Å². The number of rotatable bonds is 14. The molecule has 1 fully saturated rings. The Morgan fingerprint density at radius 2 is 1.58 bits per heavy atom. The molecule has 0 spiro atoms. The third-order valence-electron chi connectivity index (χ3n) is 7.79. The third kappa shape index (κ3) is 10.7. The Hall–Kier alpha value is -4.24. The van der Waals surface area contributed by atoms with Crippen LogP contribution in [0.1, 0.15) is 42.9 Å². The Balaban J connectivity index is 1.61. The summed E-state index contributed by atoms with van der Waals surface area (Å²) in [5, 5.41) is 5.92. The van der Waals surface area contributed by atoms with Crippen LogP contribution in [0.15, 0.2) is 67.3 Å². The number of carbonyl (C=O) groups excluding carboxylic acids is 2. The number of anilines is 1. The summed E-state index contributed by atoms with van der Waals surface area (Å²) in [5.74, 6) is -1.33. The lowest BCUT2D eigenvalue weighted by Crippen LogP contribution is -2.52. The molecule has 1 aliphatic rings. The predicted molar refractivity (Wildman–Crippen MR) is 192 cm³/mol. The van der Waals surface area contributed by atoms with Gasteiger partial charge >= 0.3 is 6.09 Å². The summed E-state index contributed by atoms with van der Waals surface area (Å²) in [5.41, 5.74) is -1.45. The number of ether oxygens (including phenoxy) is 3. The van der Waals surface area contributed by atoms with E-state index in [1.54, 1.807) is 75.4 Å². The molecular weight excluding hydrogens is 756 g/mol. The normalized spacial score (nSPS) is 18.9. The SMILES string of the molecule is CC(C)(C)OC(=O)NC[C@H]1[C@H](n2cnc3c(NC(=O)c4ccccc4)ncnc32)OC(COS(C)(=O)=O)(COS(C)(=O)=O)[C@H]1OCc1ccc(Cl)cc1. The second kappa shape index (κ2) is 16.0. The lowest BCUT2D eigenvalue weighted by atomic mass is 9.90. The first kappa shape index (κ1) is 40.0. The first-order chi connectivity index (χ1) is 24.8. The minimum Gasteiger partial charge on any atom is -0.444 e. The lowest BCUT2D eigenvalue weighted by molar-refractivity contribution is -0.153. The Morgan fingerprint density at radius 3 is 2.19 bits per heavy atom. The van der Waals surface area contributed by atoms with Crippen LogP contribution in [0.3, 0.4) is 0 Å². The molecule has 20 heteroatoms. The molecule has 53 heavy (non-hydrogen) atoms. The fourth-order valence-electron chi connectivity index (χ4n) is 5.55. The minimum atomic E-state index is -4.13. The smallest absolute Gasteiger partial charge is 0.407 e. The van der Waals surface area contributed by atoms with Crippen molar-refractivity contribution in [2.45, 2.75) is 50.9 Å². The number of amides is 2. The lowest BCUT2D eigenvalue weighted by Gasteiger charge is -2.34. The number of carbonyl (C=O) groups is 2. The van der Waals surface area contributed by atoms with E-state index < -0.39 is 74.9 Å². The van der Waals surface area contributed by atoms with Crippen molar-refractivity contribution in [2.24, 2.45) is 5.92 Å². The summed E-state index contributed by atoms with van der Waals surface area (Å²) in [6.45, 7) is 3.24. The van der Waals surface area contributed by atoms with E-state index >= 15 is 0 Å². The van der Waals surface area contributed by atoms with Crippen LogP contribution >= 0.6 is 11.6 Å². The van der Waals surface area contributed by atoms with E-state index in [0.29, 0.717) is 16.1 Å². The van der Waals surface area contributed by atoms with Crippen molar-refractivity contribution in [3.8, 4) is 0 Å². The average Bonchev–Trinajstić information content (AvgIpc) is 3.64. The number of imidazole rings is 1. The van der Waals surface area contributed by atoms with E-state index in [-0.39, 0.29) is 30.1 Å². The van der Waals surface area contributed by atoms with Gasteiger partial charge < -0.3 is 24.8 Å². The summed E-state index contributed by atoms with van der Waals surface area (Å²) < 4.78 is 79.9. The molecule has 0 unspecified atom stereocenters. The van der Waals surface area contributed by atoms with Crippen molar-refractivity contribution >= 4 is 60.8 Å². The van der Waals surface area contributed by atoms with Gasteiger partial charge in [0.1, 0.15) is 43.1 Å². The number of fused-ring (bicyclic) bond motifs is 1. The molecule has 2 aromatic heterocycles. The van der Waals surface area contributed by atoms with Gasteiger partial charge in [0.15, 0.2) is 17.0 Å². The quantitative estimate of drug-likeness (QED) is 0.174. The Labute approximate surface area is 311 Å². The van der Waals surface area contributed by atoms with Gasteiger partial charge in [0.2, 0.25) is 0 Å². The van der Waals surface area contributed by atoms with Crippen LogP contribution in [0.2, 0.25) is 5.02 Å². The topological polar surface area (TPSA) is 216 Å². The monoisotopic (exact) mass is 794 g/mol. The molecule has 1 aliphatic heterocycles. The predicted octanol–water partition coefficient (Wildman–Crippen LogP) is 3.68. The van der Waals surface area contributed by atoms with Crippen LogP contribution in [-0.2, 0) is 49.4 Å². The molecule has 0 radical (unpaired) electrons. The van der Waals surface area contributed by atoms with E-state index in [1.165, 1.54) is 17.2 Å². The van der Waals surface area contributed by atoms with E-state index in [1.807, 2.05) is 0 Å². The highest BCUT2D eigenvalue weighted by atomic mass is 35.5. The van der Waals surface area contributed by atoms with Crippen molar-refractivity contribution in [2.75, 3.05) is 37.6 Å². The fraction of sp³-hybridized carbons (Fsp3) is 0.424. The Kier molecular flexibility index (Phi) is 12.1. The highest BCUT2D eigenvalue weighted by Gasteiger charge is 2.58. The summed E-state index contributed by atoms with van der Waals surface area (Å²) in [7, 11) is -8.27. The molecule has 2 N–H and O–H groups in total. The van der Waals surface area contributed by atoms with Gasteiger partial charge in [-0.1, -0.05) is 41.9 Å². The van der Waals surface area contributed by atoms with Crippen molar-refractivity contribution < 1.29 is 49.0 Å². The number of nitrogens with one attached hydrogen (secondary N) is 2. The van der Waals surface area contributed by atoms with Gasteiger partial charge in [0.05, 0.1) is 31.4 Å². The molecule has 4 aromatic rings. The number of benzene rings is 2. The molecule has 2 amide bonds. The number of alkyl carbamates (subject to hydrolysis) is 1. The average molecular weight is 795 g/mol. The molecule has 5 rings (SSSR count). The number of hydrogen-bond donors (Lipinski definition) is 2. The molecular formula is C33H39ClN6O11S2. The number of hydrogen-bond acceptors (Lipinski definition) is 14. The van der Waals surface area contributed by atoms with E-state index in [0.717, 1.165) is 12.5 Å². The third-order valence-corrected chi connectivity index (χ3v) is 9.13. The Bertz CT molecular complexity index is 2110. The zero-order chi connectivity index (χ0) is 38.6. The van der Waals surface area contributed by atoms with Gasteiger partial charge in [0, 0.05) is 17.1 Å². The second-order valence-corrected chi connectivity index (χ2v) is 17.0. The summed E-state index contributed by atoms with van der Waals surface area (Å²) in [6.07, 6.45) is 0.966. The summed E-state index contributed by atoms with van der Waals surface area (Å²) in [4.78, 5) is 39.0. The maximum atomic E-state index is 13.0. The summed E-state index contributed by atoms with van der Waals surface area (Å²) in [6, 6.07) is 15.1. The highest BCUT2D eigenvalue weighted by Crippen LogP contribution is 2.45. The fourth-order valence-corrected chi connectivity index (χ4v) is 6.50. The van der Waals surface area contributed by atoms with Crippen molar-refractivity contribution in [1.29, 1.82) is 0 Å². The van der Waals surface area contributed by atoms with E-state index in [2.05, 4.69) is 25.6 Å². The molecule has 0 saturated carbocycles. The molecule has 0 aliphatic carbocycles. The van der Waals surface area contributed by atoms with Gasteiger partial charge in [0.25, 0.3) is 26.1 Å².